The minimum Gasteiger partial charge on any atom is -0.494 e. The number of methoxy groups -OCH3 is 1. The van der Waals surface area contributed by atoms with Gasteiger partial charge in [0.1, 0.15) is 17.1 Å². The van der Waals surface area contributed by atoms with Crippen LogP contribution < -0.4 is 9.64 Å². The van der Waals surface area contributed by atoms with Crippen LogP contribution in [0.15, 0.2) is 36.4 Å². The fourth-order valence-electron chi connectivity index (χ4n) is 4.40. The maximum atomic E-state index is 6.27. The molecule has 0 bridgehead atoms. The topological polar surface area (TPSA) is 38.2 Å². The molecule has 0 N–H and O–H groups in total. The lowest BCUT2D eigenvalue weighted by Crippen LogP contribution is -2.35. The normalized spacial score (nSPS) is 18.5. The summed E-state index contributed by atoms with van der Waals surface area (Å²) in [7, 11) is 1.66. The van der Waals surface area contributed by atoms with Gasteiger partial charge in [-0.15, -0.1) is 0 Å². The predicted octanol–water partition coefficient (Wildman–Crippen LogP) is 4.34. The first-order valence-corrected chi connectivity index (χ1v) is 9.01. The minimum atomic E-state index is 0.268. The van der Waals surface area contributed by atoms with Gasteiger partial charge in [-0.2, -0.15) is 4.98 Å². The van der Waals surface area contributed by atoms with Gasteiger partial charge in [0.25, 0.3) is 0 Å². The summed E-state index contributed by atoms with van der Waals surface area (Å²) in [6.45, 7) is 0.945. The number of nitrogens with zero attached hydrogens (tertiary/aromatic N) is 3. The molecule has 5 heteroatoms. The SMILES string of the molecule is COc1cccc2c(N3CCc4cccc5c4C3CC5)nc(Cl)nc12. The Kier molecular flexibility index (Phi) is 3.35. The lowest BCUT2D eigenvalue weighted by Gasteiger charge is -2.36. The number of hydrogen-bond donors (Lipinski definition) is 0. The number of aryl methyl sites for hydroxylation is 1. The lowest BCUT2D eigenvalue weighted by molar-refractivity contribution is 0.419. The number of anilines is 1. The van der Waals surface area contributed by atoms with Gasteiger partial charge in [0.15, 0.2) is 0 Å². The number of hydrogen-bond acceptors (Lipinski definition) is 4. The summed E-state index contributed by atoms with van der Waals surface area (Å²) in [4.78, 5) is 11.4. The fourth-order valence-corrected chi connectivity index (χ4v) is 4.56. The first-order valence-electron chi connectivity index (χ1n) is 8.64. The molecule has 25 heavy (non-hydrogen) atoms. The Balaban J connectivity index is 1.70. The zero-order valence-corrected chi connectivity index (χ0v) is 14.8. The first-order chi connectivity index (χ1) is 12.3. The third kappa shape index (κ3) is 2.20. The molecule has 1 aliphatic heterocycles. The molecule has 1 aromatic heterocycles. The minimum absolute atomic E-state index is 0.268. The smallest absolute Gasteiger partial charge is 0.225 e. The number of benzene rings is 2. The third-order valence-corrected chi connectivity index (χ3v) is 5.61. The Bertz CT molecular complexity index is 988. The number of para-hydroxylation sites is 1. The summed E-state index contributed by atoms with van der Waals surface area (Å²) in [6, 6.07) is 13.0. The third-order valence-electron chi connectivity index (χ3n) is 5.44. The van der Waals surface area contributed by atoms with Gasteiger partial charge in [-0.05, 0) is 59.7 Å². The molecular formula is C20H18ClN3O. The Morgan fingerprint density at radius 3 is 2.72 bits per heavy atom. The van der Waals surface area contributed by atoms with Gasteiger partial charge in [-0.3, -0.25) is 0 Å². The molecule has 126 valence electrons. The van der Waals surface area contributed by atoms with Crippen molar-refractivity contribution in [3.63, 3.8) is 0 Å². The summed E-state index contributed by atoms with van der Waals surface area (Å²) in [5, 5.41) is 1.26. The second-order valence-corrected chi connectivity index (χ2v) is 7.00. The summed E-state index contributed by atoms with van der Waals surface area (Å²) < 4.78 is 5.48. The highest BCUT2D eigenvalue weighted by Crippen LogP contribution is 2.44. The van der Waals surface area contributed by atoms with Crippen LogP contribution in [-0.4, -0.2) is 23.6 Å². The molecule has 0 radical (unpaired) electrons. The van der Waals surface area contributed by atoms with Crippen molar-refractivity contribution in [2.75, 3.05) is 18.6 Å². The van der Waals surface area contributed by atoms with E-state index in [4.69, 9.17) is 16.3 Å². The van der Waals surface area contributed by atoms with Crippen molar-refractivity contribution in [1.29, 1.82) is 0 Å². The monoisotopic (exact) mass is 351 g/mol. The lowest BCUT2D eigenvalue weighted by atomic mass is 9.93. The van der Waals surface area contributed by atoms with Crippen molar-refractivity contribution >= 4 is 28.3 Å². The van der Waals surface area contributed by atoms with E-state index in [2.05, 4.69) is 39.1 Å². The Labute approximate surface area is 151 Å². The Morgan fingerprint density at radius 1 is 1.08 bits per heavy atom. The molecule has 2 aromatic carbocycles. The number of aromatic nitrogens is 2. The highest BCUT2D eigenvalue weighted by atomic mass is 35.5. The van der Waals surface area contributed by atoms with E-state index in [1.54, 1.807) is 7.11 Å². The molecule has 2 aliphatic rings. The summed E-state index contributed by atoms with van der Waals surface area (Å²) >= 11 is 6.27. The standard InChI is InChI=1S/C20H18ClN3O/c1-25-16-7-3-6-14-18(16)22-20(21)23-19(14)24-11-10-13-5-2-4-12-8-9-15(24)17(12)13/h2-7,15H,8-11H2,1H3. The first kappa shape index (κ1) is 15.0. The maximum absolute atomic E-state index is 6.27. The maximum Gasteiger partial charge on any atom is 0.225 e. The summed E-state index contributed by atoms with van der Waals surface area (Å²) in [5.74, 6) is 1.65. The van der Waals surface area contributed by atoms with E-state index in [-0.39, 0.29) is 5.28 Å². The predicted molar refractivity (Wildman–Crippen MR) is 99.7 cm³/mol. The van der Waals surface area contributed by atoms with E-state index in [1.165, 1.54) is 16.7 Å². The molecule has 0 spiro atoms. The highest BCUT2D eigenvalue weighted by molar-refractivity contribution is 6.29. The van der Waals surface area contributed by atoms with Crippen LogP contribution in [0, 0.1) is 0 Å². The molecule has 0 saturated heterocycles. The molecule has 0 amide bonds. The molecule has 0 saturated carbocycles. The summed E-state index contributed by atoms with van der Waals surface area (Å²) in [6.07, 6.45) is 3.29. The zero-order valence-electron chi connectivity index (χ0n) is 14.0. The van der Waals surface area contributed by atoms with Crippen LogP contribution in [0.1, 0.15) is 29.2 Å². The van der Waals surface area contributed by atoms with Gasteiger partial charge >= 0.3 is 0 Å². The van der Waals surface area contributed by atoms with E-state index in [9.17, 15) is 0 Å². The molecule has 1 aliphatic carbocycles. The van der Waals surface area contributed by atoms with Gasteiger partial charge in [0.05, 0.1) is 13.2 Å². The van der Waals surface area contributed by atoms with Crippen molar-refractivity contribution in [2.45, 2.75) is 25.3 Å². The Morgan fingerprint density at radius 2 is 1.88 bits per heavy atom. The highest BCUT2D eigenvalue weighted by Gasteiger charge is 2.35. The summed E-state index contributed by atoms with van der Waals surface area (Å²) in [5.41, 5.74) is 5.24. The largest absolute Gasteiger partial charge is 0.494 e. The quantitative estimate of drug-likeness (QED) is 0.644. The van der Waals surface area contributed by atoms with Crippen LogP contribution in [0.4, 0.5) is 5.82 Å². The molecule has 4 nitrogen and oxygen atoms in total. The number of halogens is 1. The zero-order chi connectivity index (χ0) is 17.0. The van der Waals surface area contributed by atoms with Crippen LogP contribution in [0.5, 0.6) is 5.75 Å². The van der Waals surface area contributed by atoms with Crippen LogP contribution >= 0.6 is 11.6 Å². The van der Waals surface area contributed by atoms with E-state index >= 15 is 0 Å². The van der Waals surface area contributed by atoms with Crippen LogP contribution in [0.2, 0.25) is 5.28 Å². The van der Waals surface area contributed by atoms with Crippen LogP contribution in [-0.2, 0) is 12.8 Å². The average Bonchev–Trinajstić information content (AvgIpc) is 3.07. The van der Waals surface area contributed by atoms with E-state index in [1.807, 2.05) is 12.1 Å². The van der Waals surface area contributed by atoms with Crippen molar-refractivity contribution in [3.05, 3.63) is 58.4 Å². The second-order valence-electron chi connectivity index (χ2n) is 6.66. The average molecular weight is 352 g/mol. The second kappa shape index (κ2) is 5.60. The van der Waals surface area contributed by atoms with E-state index < -0.39 is 0 Å². The van der Waals surface area contributed by atoms with Gasteiger partial charge < -0.3 is 9.64 Å². The molecular weight excluding hydrogens is 334 g/mol. The van der Waals surface area contributed by atoms with Gasteiger partial charge in [-0.1, -0.05) is 24.3 Å². The molecule has 5 rings (SSSR count). The van der Waals surface area contributed by atoms with Crippen molar-refractivity contribution in [2.24, 2.45) is 0 Å². The number of rotatable bonds is 2. The van der Waals surface area contributed by atoms with Gasteiger partial charge in [0, 0.05) is 11.9 Å². The number of fused-ring (bicyclic) bond motifs is 1. The molecule has 1 atom stereocenters. The van der Waals surface area contributed by atoms with Gasteiger partial charge in [0.2, 0.25) is 5.28 Å². The van der Waals surface area contributed by atoms with Crippen LogP contribution in [0.3, 0.4) is 0 Å². The van der Waals surface area contributed by atoms with E-state index in [0.717, 1.165) is 48.3 Å². The Hall–Kier alpha value is -2.33. The van der Waals surface area contributed by atoms with E-state index in [0.29, 0.717) is 6.04 Å². The molecule has 3 aromatic rings. The van der Waals surface area contributed by atoms with Crippen molar-refractivity contribution < 1.29 is 4.74 Å². The fraction of sp³-hybridized carbons (Fsp3) is 0.300. The molecule has 2 heterocycles. The molecule has 1 unspecified atom stereocenters. The van der Waals surface area contributed by atoms with Crippen LogP contribution in [0.25, 0.3) is 10.9 Å². The van der Waals surface area contributed by atoms with Crippen molar-refractivity contribution in [1.82, 2.24) is 9.97 Å². The number of ether oxygens (including phenoxy) is 1. The van der Waals surface area contributed by atoms with Gasteiger partial charge in [-0.25, -0.2) is 4.98 Å². The molecule has 0 fully saturated rings. The van der Waals surface area contributed by atoms with Crippen molar-refractivity contribution in [3.8, 4) is 5.75 Å².